The van der Waals surface area contributed by atoms with Gasteiger partial charge in [-0.2, -0.15) is 15.5 Å². The number of halogens is 1. The van der Waals surface area contributed by atoms with Gasteiger partial charge in [-0.15, -0.1) is 0 Å². The Morgan fingerprint density at radius 2 is 2.06 bits per heavy atom. The fraction of sp³-hybridized carbons (Fsp3) is 0.333. The first-order valence-electron chi connectivity index (χ1n) is 11.1. The smallest absolute Gasteiger partial charge is 0.179 e. The molecular formula is C24H24FN7O3. The molecule has 4 aromatic rings. The average Bonchev–Trinajstić information content (AvgIpc) is 3.44. The Kier molecular flexibility index (Phi) is 5.96. The van der Waals surface area contributed by atoms with Crippen LogP contribution in [-0.2, 0) is 17.8 Å². The van der Waals surface area contributed by atoms with Gasteiger partial charge in [0.25, 0.3) is 0 Å². The molecule has 0 aliphatic carbocycles. The second-order valence-corrected chi connectivity index (χ2v) is 8.23. The van der Waals surface area contributed by atoms with E-state index in [-0.39, 0.29) is 6.61 Å². The van der Waals surface area contributed by atoms with E-state index in [2.05, 4.69) is 16.3 Å². The number of nitriles is 1. The van der Waals surface area contributed by atoms with Crippen molar-refractivity contribution < 1.29 is 18.6 Å². The fourth-order valence-corrected chi connectivity index (χ4v) is 4.29. The molecule has 5 rings (SSSR count). The van der Waals surface area contributed by atoms with Gasteiger partial charge >= 0.3 is 0 Å². The molecule has 1 aliphatic rings. The molecule has 4 aromatic heterocycles. The van der Waals surface area contributed by atoms with Crippen molar-refractivity contribution in [2.75, 3.05) is 27.4 Å². The van der Waals surface area contributed by atoms with E-state index in [1.54, 1.807) is 35.9 Å². The van der Waals surface area contributed by atoms with E-state index < -0.39 is 11.9 Å². The molecule has 0 fully saturated rings. The zero-order chi connectivity index (χ0) is 24.5. The number of methoxy groups -OCH3 is 2. The number of ether oxygens (including phenoxy) is 3. The van der Waals surface area contributed by atoms with Gasteiger partial charge in [-0.05, 0) is 25.1 Å². The Labute approximate surface area is 201 Å². The molecule has 0 bridgehead atoms. The molecule has 1 aliphatic heterocycles. The summed E-state index contributed by atoms with van der Waals surface area (Å²) in [6.07, 6.45) is 6.26. The number of nitrogens with zero attached hydrogens (tertiary/aromatic N) is 7. The van der Waals surface area contributed by atoms with Crippen molar-refractivity contribution in [3.05, 3.63) is 59.6 Å². The van der Waals surface area contributed by atoms with Crippen molar-refractivity contribution in [1.82, 2.24) is 29.3 Å². The third-order valence-corrected chi connectivity index (χ3v) is 6.09. The van der Waals surface area contributed by atoms with Crippen LogP contribution in [0.25, 0.3) is 16.8 Å². The molecule has 0 N–H and O–H groups in total. The van der Waals surface area contributed by atoms with Crippen LogP contribution < -0.4 is 9.47 Å². The summed E-state index contributed by atoms with van der Waals surface area (Å²) < 4.78 is 34.4. The lowest BCUT2D eigenvalue weighted by Gasteiger charge is -2.22. The Balaban J connectivity index is 1.60. The van der Waals surface area contributed by atoms with Crippen LogP contribution in [0, 0.1) is 24.2 Å². The number of aromatic nitrogens is 5. The maximum atomic E-state index is 13.5. The van der Waals surface area contributed by atoms with Crippen LogP contribution in [0.2, 0.25) is 0 Å². The Hall–Kier alpha value is -4.17. The van der Waals surface area contributed by atoms with Crippen molar-refractivity contribution in [3.8, 4) is 28.9 Å². The summed E-state index contributed by atoms with van der Waals surface area (Å²) in [6, 6.07) is 4.79. The lowest BCUT2D eigenvalue weighted by Crippen LogP contribution is -2.30. The molecule has 180 valence electrons. The number of rotatable bonds is 7. The summed E-state index contributed by atoms with van der Waals surface area (Å²) in [5.41, 5.74) is 4.73. The zero-order valence-electron chi connectivity index (χ0n) is 19.6. The highest BCUT2D eigenvalue weighted by Gasteiger charge is 2.25. The van der Waals surface area contributed by atoms with Crippen molar-refractivity contribution in [2.45, 2.75) is 26.1 Å². The fourth-order valence-electron chi connectivity index (χ4n) is 4.29. The standard InChI is InChI=1S/C24H24FN7O3/c1-15-19-12-30(14-26)6-7-31(19)29-23(15)16-8-20(24-21(34-3)10-28-32(24)11-16)35-22(13-33-2)18-5-4-17(25)9-27-18/h4-5,8-11,22H,6-7,12-13H2,1-3H3. The predicted octanol–water partition coefficient (Wildman–Crippen LogP) is 3.11. The highest BCUT2D eigenvalue weighted by Crippen LogP contribution is 2.37. The van der Waals surface area contributed by atoms with E-state index in [0.29, 0.717) is 42.3 Å². The largest absolute Gasteiger partial charge is 0.493 e. The molecule has 5 heterocycles. The van der Waals surface area contributed by atoms with E-state index in [1.165, 1.54) is 6.07 Å². The molecule has 10 nitrogen and oxygen atoms in total. The summed E-state index contributed by atoms with van der Waals surface area (Å²) in [7, 11) is 3.13. The number of hydrogen-bond acceptors (Lipinski definition) is 8. The first-order valence-corrected chi connectivity index (χ1v) is 11.1. The number of fused-ring (bicyclic) bond motifs is 2. The highest BCUT2D eigenvalue weighted by atomic mass is 19.1. The average molecular weight is 478 g/mol. The van der Waals surface area contributed by atoms with Gasteiger partial charge in [-0.25, -0.2) is 8.91 Å². The summed E-state index contributed by atoms with van der Waals surface area (Å²) >= 11 is 0. The van der Waals surface area contributed by atoms with Crippen molar-refractivity contribution in [3.63, 3.8) is 0 Å². The molecule has 0 saturated carbocycles. The maximum absolute atomic E-state index is 13.5. The number of hydrogen-bond donors (Lipinski definition) is 0. The van der Waals surface area contributed by atoms with Crippen molar-refractivity contribution in [2.24, 2.45) is 0 Å². The SMILES string of the molecule is COCC(Oc1cc(-c2nn3c(c2C)CN(C#N)CC3)cn2ncc(OC)c12)c1ccc(F)cn1. The predicted molar refractivity (Wildman–Crippen MR) is 123 cm³/mol. The molecule has 0 radical (unpaired) electrons. The first-order chi connectivity index (χ1) is 17.0. The lowest BCUT2D eigenvalue weighted by molar-refractivity contribution is 0.0791. The minimum absolute atomic E-state index is 0.202. The van der Waals surface area contributed by atoms with E-state index in [1.807, 2.05) is 23.9 Å². The monoisotopic (exact) mass is 477 g/mol. The molecular weight excluding hydrogens is 453 g/mol. The second-order valence-electron chi connectivity index (χ2n) is 8.23. The van der Waals surface area contributed by atoms with E-state index >= 15 is 0 Å². The summed E-state index contributed by atoms with van der Waals surface area (Å²) in [4.78, 5) is 5.89. The lowest BCUT2D eigenvalue weighted by atomic mass is 10.1. The second kappa shape index (κ2) is 9.23. The van der Waals surface area contributed by atoms with Crippen LogP contribution in [-0.4, -0.2) is 56.6 Å². The minimum Gasteiger partial charge on any atom is -0.493 e. The Bertz CT molecular complexity index is 1410. The summed E-state index contributed by atoms with van der Waals surface area (Å²) in [6.45, 7) is 3.98. The highest BCUT2D eigenvalue weighted by molar-refractivity contribution is 5.75. The third-order valence-electron chi connectivity index (χ3n) is 6.09. The molecule has 0 amide bonds. The van der Waals surface area contributed by atoms with Gasteiger partial charge in [-0.3, -0.25) is 9.67 Å². The van der Waals surface area contributed by atoms with Crippen LogP contribution in [0.5, 0.6) is 11.5 Å². The van der Waals surface area contributed by atoms with Gasteiger partial charge in [0, 0.05) is 31.0 Å². The zero-order valence-corrected chi connectivity index (χ0v) is 19.6. The van der Waals surface area contributed by atoms with Crippen LogP contribution in [0.3, 0.4) is 0 Å². The molecule has 0 spiro atoms. The van der Waals surface area contributed by atoms with Crippen LogP contribution in [0.15, 0.2) is 36.8 Å². The van der Waals surface area contributed by atoms with Crippen LogP contribution in [0.1, 0.15) is 23.1 Å². The van der Waals surface area contributed by atoms with Crippen LogP contribution >= 0.6 is 0 Å². The van der Waals surface area contributed by atoms with Gasteiger partial charge in [0.1, 0.15) is 5.82 Å². The van der Waals surface area contributed by atoms with Gasteiger partial charge in [0.15, 0.2) is 29.3 Å². The Morgan fingerprint density at radius 1 is 1.20 bits per heavy atom. The Morgan fingerprint density at radius 3 is 2.77 bits per heavy atom. The molecule has 0 saturated heterocycles. The maximum Gasteiger partial charge on any atom is 0.179 e. The van der Waals surface area contributed by atoms with Crippen molar-refractivity contribution >= 4 is 5.52 Å². The van der Waals surface area contributed by atoms with Gasteiger partial charge in [0.2, 0.25) is 0 Å². The van der Waals surface area contributed by atoms with Gasteiger partial charge in [0.05, 0.1) is 56.3 Å². The summed E-state index contributed by atoms with van der Waals surface area (Å²) in [5.74, 6) is 0.607. The molecule has 11 heteroatoms. The molecule has 1 unspecified atom stereocenters. The van der Waals surface area contributed by atoms with Gasteiger partial charge < -0.3 is 19.1 Å². The third kappa shape index (κ3) is 4.13. The topological polar surface area (TPSA) is 103 Å². The molecule has 1 atom stereocenters. The van der Waals surface area contributed by atoms with Gasteiger partial charge in [-0.1, -0.05) is 0 Å². The quantitative estimate of drug-likeness (QED) is 0.374. The van der Waals surface area contributed by atoms with Crippen LogP contribution in [0.4, 0.5) is 4.39 Å². The summed E-state index contributed by atoms with van der Waals surface area (Å²) in [5, 5.41) is 18.6. The molecule has 35 heavy (non-hydrogen) atoms. The normalized spacial score (nSPS) is 14.0. The first kappa shape index (κ1) is 22.6. The molecule has 0 aromatic carbocycles. The van der Waals surface area contributed by atoms with E-state index in [9.17, 15) is 9.65 Å². The number of pyridine rings is 2. The van der Waals surface area contributed by atoms with E-state index in [0.717, 1.165) is 28.7 Å². The minimum atomic E-state index is -0.597. The van der Waals surface area contributed by atoms with Crippen molar-refractivity contribution in [1.29, 1.82) is 5.26 Å². The van der Waals surface area contributed by atoms with E-state index in [4.69, 9.17) is 19.3 Å².